The first-order valence-electron chi connectivity index (χ1n) is 7.81. The zero-order valence-corrected chi connectivity index (χ0v) is 14.6. The molecular formula is C17H14N6O2S. The van der Waals surface area contributed by atoms with Crippen LogP contribution in [0.5, 0.6) is 0 Å². The number of nitrogens with zero attached hydrogens (tertiary/aromatic N) is 5. The molecule has 4 heterocycles. The lowest BCUT2D eigenvalue weighted by Crippen LogP contribution is -2.31. The maximum Gasteiger partial charge on any atom is 0.271 e. The number of carbonyl (C=O) groups excluding carboxylic acids is 1. The summed E-state index contributed by atoms with van der Waals surface area (Å²) in [6.45, 7) is 2.08. The van der Waals surface area contributed by atoms with Crippen molar-refractivity contribution in [2.75, 3.05) is 0 Å². The zero-order chi connectivity index (χ0) is 18.1. The van der Waals surface area contributed by atoms with Gasteiger partial charge in [0.1, 0.15) is 17.7 Å². The molecule has 26 heavy (non-hydrogen) atoms. The molecule has 0 radical (unpaired) electrons. The lowest BCUT2D eigenvalue weighted by Gasteiger charge is -2.07. The van der Waals surface area contributed by atoms with Crippen molar-refractivity contribution in [3.63, 3.8) is 0 Å². The third-order valence-corrected chi connectivity index (χ3v) is 4.85. The molecule has 0 fully saturated rings. The number of carbonyl (C=O) groups is 1. The van der Waals surface area contributed by atoms with Gasteiger partial charge in [-0.25, -0.2) is 15.0 Å². The number of amides is 1. The van der Waals surface area contributed by atoms with Gasteiger partial charge in [0.15, 0.2) is 4.96 Å². The Labute approximate surface area is 151 Å². The predicted molar refractivity (Wildman–Crippen MR) is 96.6 cm³/mol. The molecule has 4 aromatic rings. The minimum Gasteiger partial charge on any atom is -0.348 e. The Kier molecular flexibility index (Phi) is 4.05. The van der Waals surface area contributed by atoms with E-state index in [-0.39, 0.29) is 17.7 Å². The topological polar surface area (TPSA) is 94.2 Å². The molecule has 0 bridgehead atoms. The summed E-state index contributed by atoms with van der Waals surface area (Å²) in [6.07, 6.45) is 8.09. The lowest BCUT2D eigenvalue weighted by molar-refractivity contribution is 0.0949. The smallest absolute Gasteiger partial charge is 0.271 e. The normalized spacial score (nSPS) is 11.0. The molecule has 0 saturated heterocycles. The van der Waals surface area contributed by atoms with E-state index in [9.17, 15) is 9.59 Å². The molecule has 0 unspecified atom stereocenters. The molecule has 130 valence electrons. The summed E-state index contributed by atoms with van der Waals surface area (Å²) in [5.74, 6) is 0.245. The predicted octanol–water partition coefficient (Wildman–Crippen LogP) is 1.58. The van der Waals surface area contributed by atoms with Gasteiger partial charge in [-0.05, 0) is 24.6 Å². The first-order valence-corrected chi connectivity index (χ1v) is 8.69. The van der Waals surface area contributed by atoms with Gasteiger partial charge in [-0.15, -0.1) is 11.3 Å². The lowest BCUT2D eigenvalue weighted by atomic mass is 10.2. The van der Waals surface area contributed by atoms with Crippen molar-refractivity contribution in [3.8, 4) is 5.82 Å². The minimum absolute atomic E-state index is 0.0212. The second-order valence-electron chi connectivity index (χ2n) is 5.65. The molecule has 4 rings (SSSR count). The van der Waals surface area contributed by atoms with Crippen LogP contribution < -0.4 is 10.9 Å². The van der Waals surface area contributed by atoms with Crippen molar-refractivity contribution in [1.82, 2.24) is 29.2 Å². The average Bonchev–Trinajstić information content (AvgIpc) is 3.31. The molecule has 0 spiro atoms. The van der Waals surface area contributed by atoms with Gasteiger partial charge in [-0.2, -0.15) is 0 Å². The third kappa shape index (κ3) is 2.88. The van der Waals surface area contributed by atoms with E-state index in [1.54, 1.807) is 35.6 Å². The Morgan fingerprint density at radius 2 is 2.19 bits per heavy atom. The number of hydrogen-bond donors (Lipinski definition) is 1. The number of fused-ring (bicyclic) bond motifs is 1. The van der Waals surface area contributed by atoms with Crippen LogP contribution in [0.15, 0.2) is 53.4 Å². The van der Waals surface area contributed by atoms with Crippen molar-refractivity contribution in [2.45, 2.75) is 13.5 Å². The summed E-state index contributed by atoms with van der Waals surface area (Å²) in [7, 11) is 0. The molecular weight excluding hydrogens is 352 g/mol. The summed E-state index contributed by atoms with van der Waals surface area (Å²) in [6, 6.07) is 3.65. The van der Waals surface area contributed by atoms with Crippen LogP contribution in [0.2, 0.25) is 0 Å². The fourth-order valence-corrected chi connectivity index (χ4v) is 3.39. The number of aryl methyl sites for hydroxylation is 1. The summed E-state index contributed by atoms with van der Waals surface area (Å²) >= 11 is 1.36. The average molecular weight is 366 g/mol. The van der Waals surface area contributed by atoms with Gasteiger partial charge in [0, 0.05) is 42.4 Å². The fraction of sp³-hybridized carbons (Fsp3) is 0.118. The van der Waals surface area contributed by atoms with Crippen molar-refractivity contribution in [1.29, 1.82) is 0 Å². The van der Waals surface area contributed by atoms with Crippen LogP contribution in [0.25, 0.3) is 10.8 Å². The Balaban J connectivity index is 1.55. The maximum atomic E-state index is 12.5. The second-order valence-corrected chi connectivity index (χ2v) is 6.48. The van der Waals surface area contributed by atoms with Crippen LogP contribution in [0.3, 0.4) is 0 Å². The summed E-state index contributed by atoms with van der Waals surface area (Å²) in [4.78, 5) is 38.0. The molecule has 1 amide bonds. The van der Waals surface area contributed by atoms with Crippen LogP contribution in [0, 0.1) is 6.92 Å². The first kappa shape index (κ1) is 16.2. The van der Waals surface area contributed by atoms with Crippen LogP contribution in [0.1, 0.15) is 21.6 Å². The van der Waals surface area contributed by atoms with Gasteiger partial charge in [0.2, 0.25) is 0 Å². The molecule has 1 N–H and O–H groups in total. The monoisotopic (exact) mass is 366 g/mol. The standard InChI is InChI=1S/C17H14N6O2S/c1-11-9-26-17-21-8-13(16(25)23(11)17)15(24)20-7-12-2-3-19-14(6-12)22-5-4-18-10-22/h2-6,8-10H,7H2,1H3,(H,20,24). The largest absolute Gasteiger partial charge is 0.348 e. The third-order valence-electron chi connectivity index (χ3n) is 3.89. The molecule has 0 saturated carbocycles. The molecule has 0 aliphatic carbocycles. The van der Waals surface area contributed by atoms with Crippen LogP contribution >= 0.6 is 11.3 Å². The summed E-state index contributed by atoms with van der Waals surface area (Å²) in [5.41, 5.74) is 1.28. The second kappa shape index (κ2) is 6.52. The Hall–Kier alpha value is -3.33. The molecule has 0 aromatic carbocycles. The molecule has 0 aliphatic rings. The van der Waals surface area contributed by atoms with Gasteiger partial charge in [0.25, 0.3) is 11.5 Å². The Morgan fingerprint density at radius 3 is 3.00 bits per heavy atom. The van der Waals surface area contributed by atoms with E-state index in [0.717, 1.165) is 11.3 Å². The number of aromatic nitrogens is 5. The first-order chi connectivity index (χ1) is 12.6. The van der Waals surface area contributed by atoms with Gasteiger partial charge >= 0.3 is 0 Å². The van der Waals surface area contributed by atoms with Crippen molar-refractivity contribution >= 4 is 22.2 Å². The quantitative estimate of drug-likeness (QED) is 0.592. The number of hydrogen-bond acceptors (Lipinski definition) is 6. The van der Waals surface area contributed by atoms with Crippen LogP contribution in [0.4, 0.5) is 0 Å². The molecule has 8 nitrogen and oxygen atoms in total. The molecule has 4 aromatic heterocycles. The SMILES string of the molecule is Cc1csc2ncc(C(=O)NCc3ccnc(-n4ccnc4)c3)c(=O)n12. The van der Waals surface area contributed by atoms with E-state index in [0.29, 0.717) is 10.8 Å². The fourth-order valence-electron chi connectivity index (χ4n) is 2.56. The van der Waals surface area contributed by atoms with E-state index in [1.165, 1.54) is 21.9 Å². The summed E-state index contributed by atoms with van der Waals surface area (Å²) in [5, 5.41) is 4.60. The highest BCUT2D eigenvalue weighted by atomic mass is 32.1. The number of rotatable bonds is 4. The van der Waals surface area contributed by atoms with Gasteiger partial charge in [-0.3, -0.25) is 18.6 Å². The van der Waals surface area contributed by atoms with Gasteiger partial charge in [0.05, 0.1) is 0 Å². The zero-order valence-electron chi connectivity index (χ0n) is 13.8. The highest BCUT2D eigenvalue weighted by molar-refractivity contribution is 7.15. The number of pyridine rings is 1. The summed E-state index contributed by atoms with van der Waals surface area (Å²) < 4.78 is 3.22. The van der Waals surface area contributed by atoms with Crippen molar-refractivity contribution < 1.29 is 4.79 Å². The van der Waals surface area contributed by atoms with Gasteiger partial charge in [-0.1, -0.05) is 0 Å². The van der Waals surface area contributed by atoms with Crippen LogP contribution in [-0.2, 0) is 6.54 Å². The molecule has 0 aliphatic heterocycles. The van der Waals surface area contributed by atoms with Crippen molar-refractivity contribution in [3.05, 3.63) is 75.8 Å². The highest BCUT2D eigenvalue weighted by Crippen LogP contribution is 2.11. The number of thiazole rings is 1. The van der Waals surface area contributed by atoms with E-state index in [2.05, 4.69) is 20.3 Å². The van der Waals surface area contributed by atoms with Crippen molar-refractivity contribution in [2.24, 2.45) is 0 Å². The van der Waals surface area contributed by atoms with Gasteiger partial charge < -0.3 is 5.32 Å². The van der Waals surface area contributed by atoms with E-state index >= 15 is 0 Å². The molecule has 0 atom stereocenters. The number of imidazole rings is 1. The highest BCUT2D eigenvalue weighted by Gasteiger charge is 2.15. The van der Waals surface area contributed by atoms with E-state index < -0.39 is 5.91 Å². The molecule has 9 heteroatoms. The minimum atomic E-state index is -0.455. The Morgan fingerprint density at radius 1 is 1.31 bits per heavy atom. The maximum absolute atomic E-state index is 12.5. The number of nitrogens with one attached hydrogen (secondary N) is 1. The van der Waals surface area contributed by atoms with Crippen LogP contribution in [-0.4, -0.2) is 29.8 Å². The van der Waals surface area contributed by atoms with E-state index in [4.69, 9.17) is 0 Å². The Bertz CT molecular complexity index is 1150. The van der Waals surface area contributed by atoms with E-state index in [1.807, 2.05) is 18.4 Å².